The Bertz CT molecular complexity index is 1150. The Kier molecular flexibility index (Phi) is 4.45. The van der Waals surface area contributed by atoms with Crippen molar-refractivity contribution in [1.82, 2.24) is 9.97 Å². The quantitative estimate of drug-likeness (QED) is 0.465. The molecule has 0 spiro atoms. The van der Waals surface area contributed by atoms with Crippen LogP contribution in [-0.4, -0.2) is 9.97 Å². The van der Waals surface area contributed by atoms with Crippen LogP contribution in [0.15, 0.2) is 72.8 Å². The van der Waals surface area contributed by atoms with Gasteiger partial charge in [-0.25, -0.2) is 4.98 Å². The van der Waals surface area contributed by atoms with E-state index in [-0.39, 0.29) is 5.95 Å². The zero-order chi connectivity index (χ0) is 18.8. The number of nitrogen functional groups attached to an aromatic ring is 1. The minimum atomic E-state index is 0.212. The maximum atomic E-state index is 8.98. The topological polar surface area (TPSA) is 78.8 Å². The van der Waals surface area contributed by atoms with Crippen LogP contribution in [0.3, 0.4) is 0 Å². The molecule has 130 valence electrons. The fraction of sp³-hybridized carbons (Fsp3) is 0. The van der Waals surface area contributed by atoms with Gasteiger partial charge in [0.1, 0.15) is 0 Å². The van der Waals surface area contributed by atoms with E-state index in [1.54, 1.807) is 12.1 Å². The Hall–Kier alpha value is -3.43. The molecule has 0 unspecified atom stereocenters. The van der Waals surface area contributed by atoms with Crippen LogP contribution in [0.25, 0.3) is 22.0 Å². The molecule has 0 saturated carbocycles. The minimum absolute atomic E-state index is 0.212. The summed E-state index contributed by atoms with van der Waals surface area (Å²) in [4.78, 5) is 8.79. The van der Waals surface area contributed by atoms with Gasteiger partial charge in [-0.3, -0.25) is 3.93 Å². The summed E-state index contributed by atoms with van der Waals surface area (Å²) in [6.07, 6.45) is 0. The molecule has 0 fully saturated rings. The van der Waals surface area contributed by atoms with Gasteiger partial charge in [0.05, 0.1) is 39.0 Å². The lowest BCUT2D eigenvalue weighted by Crippen LogP contribution is -2.07. The normalized spacial score (nSPS) is 10.5. The van der Waals surface area contributed by atoms with Crippen LogP contribution in [0.5, 0.6) is 0 Å². The van der Waals surface area contributed by atoms with E-state index in [9.17, 15) is 0 Å². The standard InChI is InChI=1S/C21H14BrN5/c22-27(17-4-2-1-3-5-17)20-18-12-16(10-11-19(18)25-21(24)26-20)15-8-6-14(13-23)7-9-15/h1-12H,(H2,24,25,26). The van der Waals surface area contributed by atoms with Gasteiger partial charge in [-0.1, -0.05) is 36.4 Å². The van der Waals surface area contributed by atoms with E-state index < -0.39 is 0 Å². The highest BCUT2D eigenvalue weighted by molar-refractivity contribution is 9.10. The van der Waals surface area contributed by atoms with Crippen molar-refractivity contribution in [3.63, 3.8) is 0 Å². The molecular formula is C21H14BrN5. The number of nitrogens with zero attached hydrogens (tertiary/aromatic N) is 4. The molecule has 0 bridgehead atoms. The fourth-order valence-electron chi connectivity index (χ4n) is 2.88. The first kappa shape index (κ1) is 17.0. The molecule has 0 atom stereocenters. The summed E-state index contributed by atoms with van der Waals surface area (Å²) in [5.41, 5.74) is 10.3. The van der Waals surface area contributed by atoms with Crippen LogP contribution >= 0.6 is 16.1 Å². The Morgan fingerprint density at radius 2 is 1.59 bits per heavy atom. The smallest absolute Gasteiger partial charge is 0.222 e. The highest BCUT2D eigenvalue weighted by atomic mass is 79.9. The number of hydrogen-bond acceptors (Lipinski definition) is 5. The van der Waals surface area contributed by atoms with Gasteiger partial charge >= 0.3 is 0 Å². The maximum absolute atomic E-state index is 8.98. The Labute approximate surface area is 165 Å². The van der Waals surface area contributed by atoms with Crippen LogP contribution in [0.1, 0.15) is 5.56 Å². The van der Waals surface area contributed by atoms with E-state index in [0.29, 0.717) is 11.4 Å². The summed E-state index contributed by atoms with van der Waals surface area (Å²) >= 11 is 3.60. The van der Waals surface area contributed by atoms with Crippen molar-refractivity contribution in [3.8, 4) is 17.2 Å². The van der Waals surface area contributed by atoms with Gasteiger partial charge < -0.3 is 5.73 Å². The molecule has 0 saturated heterocycles. The van der Waals surface area contributed by atoms with E-state index in [0.717, 1.165) is 27.7 Å². The molecular weight excluding hydrogens is 402 g/mol. The predicted molar refractivity (Wildman–Crippen MR) is 112 cm³/mol. The molecule has 0 amide bonds. The van der Waals surface area contributed by atoms with Gasteiger partial charge in [-0.15, -0.1) is 0 Å². The molecule has 27 heavy (non-hydrogen) atoms. The number of nitriles is 1. The van der Waals surface area contributed by atoms with Gasteiger partial charge in [0.25, 0.3) is 0 Å². The first-order chi connectivity index (χ1) is 13.2. The van der Waals surface area contributed by atoms with Crippen LogP contribution < -0.4 is 9.66 Å². The summed E-state index contributed by atoms with van der Waals surface area (Å²) in [5, 5.41) is 9.85. The summed E-state index contributed by atoms with van der Waals surface area (Å²) in [6, 6.07) is 25.4. The number of nitrogens with two attached hydrogens (primary N) is 1. The third-order valence-electron chi connectivity index (χ3n) is 4.21. The van der Waals surface area contributed by atoms with Crippen LogP contribution in [0, 0.1) is 11.3 Å². The summed E-state index contributed by atoms with van der Waals surface area (Å²) < 4.78 is 1.82. The lowest BCUT2D eigenvalue weighted by atomic mass is 10.0. The number of benzene rings is 3. The fourth-order valence-corrected chi connectivity index (χ4v) is 3.38. The number of para-hydroxylation sites is 1. The first-order valence-corrected chi connectivity index (χ1v) is 8.95. The Morgan fingerprint density at radius 3 is 2.30 bits per heavy atom. The van der Waals surface area contributed by atoms with E-state index in [1.165, 1.54) is 0 Å². The van der Waals surface area contributed by atoms with Gasteiger partial charge in [-0.2, -0.15) is 10.2 Å². The van der Waals surface area contributed by atoms with E-state index in [2.05, 4.69) is 32.2 Å². The molecule has 6 heteroatoms. The van der Waals surface area contributed by atoms with Crippen LogP contribution in [0.4, 0.5) is 17.5 Å². The van der Waals surface area contributed by atoms with Crippen molar-refractivity contribution in [3.05, 3.63) is 78.4 Å². The monoisotopic (exact) mass is 415 g/mol. The largest absolute Gasteiger partial charge is 0.368 e. The molecule has 4 aromatic rings. The van der Waals surface area contributed by atoms with E-state index in [1.807, 2.05) is 64.6 Å². The summed E-state index contributed by atoms with van der Waals surface area (Å²) in [7, 11) is 0. The first-order valence-electron chi connectivity index (χ1n) is 8.24. The molecule has 1 heterocycles. The second-order valence-corrected chi connectivity index (χ2v) is 6.65. The van der Waals surface area contributed by atoms with Crippen LogP contribution in [0.2, 0.25) is 0 Å². The van der Waals surface area contributed by atoms with E-state index in [4.69, 9.17) is 11.0 Å². The Balaban J connectivity index is 1.87. The van der Waals surface area contributed by atoms with Crippen molar-refractivity contribution in [2.75, 3.05) is 9.66 Å². The maximum Gasteiger partial charge on any atom is 0.222 e. The number of aromatic nitrogens is 2. The average Bonchev–Trinajstić information content (AvgIpc) is 2.73. The van der Waals surface area contributed by atoms with Gasteiger partial charge in [0.15, 0.2) is 5.82 Å². The van der Waals surface area contributed by atoms with Crippen molar-refractivity contribution < 1.29 is 0 Å². The van der Waals surface area contributed by atoms with Crippen molar-refractivity contribution in [2.24, 2.45) is 0 Å². The third kappa shape index (κ3) is 3.33. The highest BCUT2D eigenvalue weighted by Gasteiger charge is 2.14. The molecule has 0 aliphatic rings. The summed E-state index contributed by atoms with van der Waals surface area (Å²) in [5.74, 6) is 0.878. The average molecular weight is 416 g/mol. The number of rotatable bonds is 3. The molecule has 0 aliphatic heterocycles. The molecule has 5 nitrogen and oxygen atoms in total. The van der Waals surface area contributed by atoms with Crippen molar-refractivity contribution in [2.45, 2.75) is 0 Å². The number of fused-ring (bicyclic) bond motifs is 1. The molecule has 1 aromatic heterocycles. The molecule has 3 aromatic carbocycles. The van der Waals surface area contributed by atoms with Gasteiger partial charge in [-0.05, 0) is 47.5 Å². The van der Waals surface area contributed by atoms with Gasteiger partial charge in [0.2, 0.25) is 5.95 Å². The molecule has 0 radical (unpaired) electrons. The van der Waals surface area contributed by atoms with Crippen molar-refractivity contribution in [1.29, 1.82) is 5.26 Å². The Morgan fingerprint density at radius 1 is 0.889 bits per heavy atom. The molecule has 0 aliphatic carbocycles. The minimum Gasteiger partial charge on any atom is -0.368 e. The number of halogens is 1. The van der Waals surface area contributed by atoms with E-state index >= 15 is 0 Å². The second kappa shape index (κ2) is 7.06. The zero-order valence-electron chi connectivity index (χ0n) is 14.2. The number of hydrogen-bond donors (Lipinski definition) is 1. The van der Waals surface area contributed by atoms with Crippen molar-refractivity contribution >= 4 is 44.5 Å². The number of anilines is 3. The van der Waals surface area contributed by atoms with Gasteiger partial charge in [0, 0.05) is 5.39 Å². The zero-order valence-corrected chi connectivity index (χ0v) is 15.8. The lowest BCUT2D eigenvalue weighted by molar-refractivity contribution is 1.21. The second-order valence-electron chi connectivity index (χ2n) is 5.94. The SMILES string of the molecule is N#Cc1ccc(-c2ccc3nc(N)nc(N(Br)c4ccccc4)c3c2)cc1. The summed E-state index contributed by atoms with van der Waals surface area (Å²) in [6.45, 7) is 0. The third-order valence-corrected chi connectivity index (χ3v) is 4.95. The lowest BCUT2D eigenvalue weighted by Gasteiger charge is -2.18. The van der Waals surface area contributed by atoms with Crippen LogP contribution in [-0.2, 0) is 0 Å². The highest BCUT2D eigenvalue weighted by Crippen LogP contribution is 2.35. The molecule has 4 rings (SSSR count). The molecule has 2 N–H and O–H groups in total. The predicted octanol–water partition coefficient (Wildman–Crippen LogP) is 5.20.